The van der Waals surface area contributed by atoms with Gasteiger partial charge in [0.05, 0.1) is 15.6 Å². The molecule has 0 saturated carbocycles. The first-order valence-electron chi connectivity index (χ1n) is 6.80. The van der Waals surface area contributed by atoms with E-state index in [0.717, 1.165) is 15.2 Å². The van der Waals surface area contributed by atoms with Gasteiger partial charge in [0.2, 0.25) is 0 Å². The number of amides is 1. The first-order chi connectivity index (χ1) is 10.8. The van der Waals surface area contributed by atoms with Gasteiger partial charge in [-0.15, -0.1) is 11.3 Å². The molecule has 3 aromatic heterocycles. The van der Waals surface area contributed by atoms with Gasteiger partial charge < -0.3 is 0 Å². The predicted octanol–water partition coefficient (Wildman–Crippen LogP) is 2.26. The van der Waals surface area contributed by atoms with Crippen LogP contribution in [0, 0.1) is 20.8 Å². The number of nitrogens with zero attached hydrogens (tertiary/aromatic N) is 4. The number of aromatic nitrogens is 4. The quantitative estimate of drug-likeness (QED) is 0.721. The lowest BCUT2D eigenvalue weighted by molar-refractivity contribution is 0.1000. The predicted molar refractivity (Wildman–Crippen MR) is 92.7 cm³/mol. The summed E-state index contributed by atoms with van der Waals surface area (Å²) in [5.41, 5.74) is 3.32. The number of aryl methyl sites for hydroxylation is 3. The highest BCUT2D eigenvalue weighted by Crippen LogP contribution is 2.21. The van der Waals surface area contributed by atoms with Gasteiger partial charge >= 0.3 is 0 Å². The Hall–Kier alpha value is -2.00. The molecule has 0 aliphatic carbocycles. The number of fused-ring (bicyclic) bond motifs is 1. The van der Waals surface area contributed by atoms with Gasteiger partial charge in [0, 0.05) is 11.9 Å². The molecule has 0 saturated heterocycles. The van der Waals surface area contributed by atoms with Gasteiger partial charge in [0.15, 0.2) is 5.69 Å². The normalized spacial score (nSPS) is 11.2. The number of carbonyl (C=O) groups excluding carboxylic acids is 1. The van der Waals surface area contributed by atoms with Crippen molar-refractivity contribution in [1.82, 2.24) is 19.4 Å². The van der Waals surface area contributed by atoms with Crippen molar-refractivity contribution in [3.05, 3.63) is 43.0 Å². The van der Waals surface area contributed by atoms with Crippen LogP contribution < -0.4 is 11.0 Å². The van der Waals surface area contributed by atoms with Crippen molar-refractivity contribution in [3.8, 4) is 0 Å². The molecule has 0 spiro atoms. The lowest BCUT2D eigenvalue weighted by atomic mass is 10.3. The summed E-state index contributed by atoms with van der Waals surface area (Å²) in [6, 6.07) is 1.78. The standard InChI is InChI=1S/C14H14BrN5O2S/c1-6-5-9-13(23-6)16-8(3)20(14(9)22)18-12(21)11-10(15)7(2)19(4)17-11/h5H,1-4H3,(H,18,21). The summed E-state index contributed by atoms with van der Waals surface area (Å²) in [7, 11) is 1.75. The van der Waals surface area contributed by atoms with Crippen LogP contribution in [-0.2, 0) is 7.05 Å². The highest BCUT2D eigenvalue weighted by Gasteiger charge is 2.20. The second-order valence-electron chi connectivity index (χ2n) is 5.19. The van der Waals surface area contributed by atoms with Crippen LogP contribution in [0.1, 0.15) is 26.9 Å². The summed E-state index contributed by atoms with van der Waals surface area (Å²) in [6.07, 6.45) is 0. The van der Waals surface area contributed by atoms with Crippen molar-refractivity contribution in [2.75, 3.05) is 5.43 Å². The van der Waals surface area contributed by atoms with Gasteiger partial charge in [-0.25, -0.2) is 9.66 Å². The van der Waals surface area contributed by atoms with E-state index in [1.165, 1.54) is 11.3 Å². The average molecular weight is 396 g/mol. The molecule has 0 atom stereocenters. The lowest BCUT2D eigenvalue weighted by Crippen LogP contribution is -2.35. The van der Waals surface area contributed by atoms with Crippen LogP contribution in [-0.4, -0.2) is 25.3 Å². The van der Waals surface area contributed by atoms with Crippen LogP contribution in [0.4, 0.5) is 0 Å². The van der Waals surface area contributed by atoms with Crippen LogP contribution in [0.5, 0.6) is 0 Å². The molecule has 9 heteroatoms. The molecule has 0 fully saturated rings. The largest absolute Gasteiger partial charge is 0.291 e. The topological polar surface area (TPSA) is 81.8 Å². The van der Waals surface area contributed by atoms with Crippen molar-refractivity contribution in [3.63, 3.8) is 0 Å². The van der Waals surface area contributed by atoms with E-state index in [9.17, 15) is 9.59 Å². The Kier molecular flexibility index (Phi) is 3.85. The maximum atomic E-state index is 12.6. The van der Waals surface area contributed by atoms with E-state index >= 15 is 0 Å². The number of nitrogens with one attached hydrogen (secondary N) is 1. The molecule has 0 unspecified atom stereocenters. The van der Waals surface area contributed by atoms with Gasteiger partial charge in [0.1, 0.15) is 10.7 Å². The molecule has 0 aliphatic heterocycles. The molecular weight excluding hydrogens is 382 g/mol. The number of thiophene rings is 1. The first kappa shape index (κ1) is 15.9. The second-order valence-corrected chi connectivity index (χ2v) is 7.22. The molecule has 23 heavy (non-hydrogen) atoms. The summed E-state index contributed by atoms with van der Waals surface area (Å²) >= 11 is 4.80. The molecule has 1 amide bonds. The Morgan fingerprint density at radius 1 is 1.35 bits per heavy atom. The van der Waals surface area contributed by atoms with Gasteiger partial charge in [-0.3, -0.25) is 19.7 Å². The highest BCUT2D eigenvalue weighted by molar-refractivity contribution is 9.10. The maximum absolute atomic E-state index is 12.6. The molecule has 7 nitrogen and oxygen atoms in total. The fourth-order valence-corrected chi connectivity index (χ4v) is 3.65. The van der Waals surface area contributed by atoms with Crippen LogP contribution >= 0.6 is 27.3 Å². The molecule has 1 N–H and O–H groups in total. The molecule has 0 radical (unpaired) electrons. The number of carbonyl (C=O) groups is 1. The first-order valence-corrected chi connectivity index (χ1v) is 8.40. The zero-order chi connectivity index (χ0) is 16.9. The molecule has 3 aromatic rings. The van der Waals surface area contributed by atoms with Gasteiger partial charge in [-0.1, -0.05) is 0 Å². The van der Waals surface area contributed by atoms with Crippen molar-refractivity contribution in [2.24, 2.45) is 7.05 Å². The zero-order valence-corrected chi connectivity index (χ0v) is 15.4. The minimum atomic E-state index is -0.473. The minimum absolute atomic E-state index is 0.220. The lowest BCUT2D eigenvalue weighted by Gasteiger charge is -2.09. The third-order valence-corrected chi connectivity index (χ3v) is 5.44. The smallest absolute Gasteiger partial charge is 0.271 e. The summed E-state index contributed by atoms with van der Waals surface area (Å²) in [4.78, 5) is 31.1. The van der Waals surface area contributed by atoms with Gasteiger partial charge in [-0.2, -0.15) is 5.10 Å². The number of rotatable bonds is 2. The van der Waals surface area contributed by atoms with Crippen LogP contribution in [0.15, 0.2) is 15.3 Å². The third-order valence-electron chi connectivity index (χ3n) is 3.55. The summed E-state index contributed by atoms with van der Waals surface area (Å²) in [5, 5.41) is 4.65. The summed E-state index contributed by atoms with van der Waals surface area (Å²) in [5.74, 6) is -0.0552. The van der Waals surface area contributed by atoms with E-state index in [4.69, 9.17) is 0 Å². The molecule has 3 rings (SSSR count). The Bertz CT molecular complexity index is 1000. The van der Waals surface area contributed by atoms with Crippen molar-refractivity contribution < 1.29 is 4.79 Å². The van der Waals surface area contributed by atoms with E-state index < -0.39 is 5.91 Å². The minimum Gasteiger partial charge on any atom is -0.271 e. The number of hydrogen-bond donors (Lipinski definition) is 1. The fourth-order valence-electron chi connectivity index (χ4n) is 2.22. The Balaban J connectivity index is 2.06. The van der Waals surface area contributed by atoms with Crippen molar-refractivity contribution in [2.45, 2.75) is 20.8 Å². The molecule has 3 heterocycles. The molecule has 0 aromatic carbocycles. The summed E-state index contributed by atoms with van der Waals surface area (Å²) in [6.45, 7) is 5.43. The molecule has 0 bridgehead atoms. The van der Waals surface area contributed by atoms with E-state index in [0.29, 0.717) is 20.5 Å². The fraction of sp³-hybridized carbons (Fsp3) is 0.286. The van der Waals surface area contributed by atoms with Crippen LogP contribution in [0.3, 0.4) is 0 Å². The molecule has 120 valence electrons. The van der Waals surface area contributed by atoms with Gasteiger partial charge in [0.25, 0.3) is 11.5 Å². The monoisotopic (exact) mass is 395 g/mol. The molecule has 0 aliphatic rings. The van der Waals surface area contributed by atoms with Crippen molar-refractivity contribution in [1.29, 1.82) is 0 Å². The van der Waals surface area contributed by atoms with E-state index in [1.54, 1.807) is 24.7 Å². The third kappa shape index (κ3) is 2.59. The van der Waals surface area contributed by atoms with Crippen molar-refractivity contribution >= 4 is 43.4 Å². The Labute approximate surface area is 144 Å². The Morgan fingerprint density at radius 2 is 2.04 bits per heavy atom. The maximum Gasteiger partial charge on any atom is 0.291 e. The van der Waals surface area contributed by atoms with E-state index in [1.807, 2.05) is 13.8 Å². The molecular formula is C14H14BrN5O2S. The number of hydrogen-bond acceptors (Lipinski definition) is 5. The average Bonchev–Trinajstić information content (AvgIpc) is 2.98. The SMILES string of the molecule is Cc1cc2c(=O)n(NC(=O)c3nn(C)c(C)c3Br)c(C)nc2s1. The zero-order valence-electron chi connectivity index (χ0n) is 13.0. The van der Waals surface area contributed by atoms with E-state index in [2.05, 4.69) is 31.4 Å². The van der Waals surface area contributed by atoms with Crippen LogP contribution in [0.25, 0.3) is 10.2 Å². The summed E-state index contributed by atoms with van der Waals surface area (Å²) < 4.78 is 3.36. The van der Waals surface area contributed by atoms with Crippen LogP contribution in [0.2, 0.25) is 0 Å². The second kappa shape index (κ2) is 5.57. The Morgan fingerprint density at radius 3 is 2.65 bits per heavy atom. The van der Waals surface area contributed by atoms with E-state index in [-0.39, 0.29) is 11.3 Å². The highest BCUT2D eigenvalue weighted by atomic mass is 79.9. The van der Waals surface area contributed by atoms with Gasteiger partial charge in [-0.05, 0) is 42.8 Å². The number of halogens is 1.